The monoisotopic (exact) mass is 567 g/mol. The summed E-state index contributed by atoms with van der Waals surface area (Å²) in [4.78, 5) is 39.6. The van der Waals surface area contributed by atoms with Gasteiger partial charge in [0.25, 0.3) is 5.91 Å². The Bertz CT molecular complexity index is 1330. The number of hydrogen-bond acceptors (Lipinski definition) is 7. The van der Waals surface area contributed by atoms with Crippen LogP contribution in [-0.4, -0.2) is 51.3 Å². The molecule has 2 heterocycles. The van der Waals surface area contributed by atoms with Gasteiger partial charge in [-0.2, -0.15) is 18.2 Å². The van der Waals surface area contributed by atoms with E-state index in [0.717, 1.165) is 32.8 Å². The number of pyridine rings is 1. The second kappa shape index (κ2) is 13.0. The van der Waals surface area contributed by atoms with Gasteiger partial charge in [-0.25, -0.2) is 14.8 Å². The van der Waals surface area contributed by atoms with Crippen molar-refractivity contribution in [2.75, 3.05) is 13.7 Å². The Hall–Kier alpha value is -3.51. The average molecular weight is 568 g/mol. The van der Waals surface area contributed by atoms with E-state index >= 15 is 0 Å². The summed E-state index contributed by atoms with van der Waals surface area (Å²) in [6, 6.07) is 7.83. The van der Waals surface area contributed by atoms with E-state index < -0.39 is 23.4 Å². The third-order valence-corrected chi connectivity index (χ3v) is 6.34. The van der Waals surface area contributed by atoms with Crippen LogP contribution >= 0.6 is 11.6 Å². The van der Waals surface area contributed by atoms with Gasteiger partial charge in [-0.05, 0) is 37.1 Å². The van der Waals surface area contributed by atoms with Crippen molar-refractivity contribution < 1.29 is 27.4 Å². The SMILES string of the molecule is CCCCCCOc1ccc(-c2nc(-c3cc(CNC(=O)C(C)(OC)C(F)(F)F)ccc3Cl)[nH]c(=O)n2)cn1. The third-order valence-electron chi connectivity index (χ3n) is 6.01. The normalized spacial score (nSPS) is 13.1. The molecule has 1 amide bonds. The fourth-order valence-electron chi connectivity index (χ4n) is 3.50. The Kier molecular flexibility index (Phi) is 10.0. The van der Waals surface area contributed by atoms with Gasteiger partial charge in [0.2, 0.25) is 11.5 Å². The summed E-state index contributed by atoms with van der Waals surface area (Å²) < 4.78 is 50.0. The summed E-state index contributed by atoms with van der Waals surface area (Å²) >= 11 is 6.33. The standard InChI is InChI=1S/C26H29ClF3N5O4/c1-4-5-6-7-12-39-20-11-9-17(15-31-20)21-33-22(35-24(37)34-21)18-13-16(8-10-19(18)27)14-32-23(36)25(2,38-3)26(28,29)30/h8-11,13,15H,4-7,12,14H2,1-3H3,(H,32,36)(H,33,34,35,37). The van der Waals surface area contributed by atoms with E-state index in [0.29, 0.717) is 30.5 Å². The van der Waals surface area contributed by atoms with Crippen LogP contribution in [0.1, 0.15) is 45.1 Å². The number of alkyl halides is 3. The van der Waals surface area contributed by atoms with Crippen LogP contribution in [0.4, 0.5) is 13.2 Å². The lowest BCUT2D eigenvalue weighted by Crippen LogP contribution is -2.55. The topological polar surface area (TPSA) is 119 Å². The van der Waals surface area contributed by atoms with Gasteiger partial charge in [0, 0.05) is 37.0 Å². The van der Waals surface area contributed by atoms with Crippen molar-refractivity contribution in [3.8, 4) is 28.7 Å². The molecule has 3 rings (SSSR count). The maximum Gasteiger partial charge on any atom is 0.426 e. The number of nitrogens with one attached hydrogen (secondary N) is 2. The highest BCUT2D eigenvalue weighted by Crippen LogP contribution is 2.33. The smallest absolute Gasteiger partial charge is 0.426 e. The molecule has 3 aromatic rings. The first-order chi connectivity index (χ1) is 18.5. The lowest BCUT2D eigenvalue weighted by molar-refractivity contribution is -0.253. The van der Waals surface area contributed by atoms with Gasteiger partial charge in [0.05, 0.1) is 11.6 Å². The number of benzene rings is 1. The van der Waals surface area contributed by atoms with E-state index in [1.807, 2.05) is 0 Å². The van der Waals surface area contributed by atoms with Crippen LogP contribution in [0.15, 0.2) is 41.3 Å². The lowest BCUT2D eigenvalue weighted by atomic mass is 10.0. The summed E-state index contributed by atoms with van der Waals surface area (Å²) in [6.45, 7) is 3.07. The molecule has 2 aromatic heterocycles. The van der Waals surface area contributed by atoms with E-state index in [1.54, 1.807) is 12.1 Å². The van der Waals surface area contributed by atoms with Crippen LogP contribution in [0.2, 0.25) is 5.02 Å². The third kappa shape index (κ3) is 7.54. The molecule has 9 nitrogen and oxygen atoms in total. The molecule has 0 aliphatic heterocycles. The highest BCUT2D eigenvalue weighted by Gasteiger charge is 2.57. The predicted octanol–water partition coefficient (Wildman–Crippen LogP) is 5.09. The van der Waals surface area contributed by atoms with Crippen molar-refractivity contribution in [3.05, 3.63) is 57.6 Å². The quantitative estimate of drug-likeness (QED) is 0.293. The molecule has 39 heavy (non-hydrogen) atoms. The van der Waals surface area contributed by atoms with Crippen molar-refractivity contribution in [3.63, 3.8) is 0 Å². The second-order valence-electron chi connectivity index (χ2n) is 8.85. The minimum atomic E-state index is -4.92. The Balaban J connectivity index is 1.78. The van der Waals surface area contributed by atoms with Crippen molar-refractivity contribution in [2.45, 2.75) is 57.9 Å². The highest BCUT2D eigenvalue weighted by molar-refractivity contribution is 6.33. The number of aromatic nitrogens is 4. The van der Waals surface area contributed by atoms with Gasteiger partial charge in [-0.3, -0.25) is 9.78 Å². The Morgan fingerprint density at radius 3 is 2.54 bits per heavy atom. The summed E-state index contributed by atoms with van der Waals surface area (Å²) in [6.07, 6.45) is 0.851. The molecule has 0 aliphatic carbocycles. The number of ether oxygens (including phenoxy) is 2. The number of hydrogen-bond donors (Lipinski definition) is 2. The number of nitrogens with zero attached hydrogens (tertiary/aromatic N) is 3. The second-order valence-corrected chi connectivity index (χ2v) is 9.26. The van der Waals surface area contributed by atoms with E-state index in [9.17, 15) is 22.8 Å². The minimum absolute atomic E-state index is 0.0800. The maximum atomic E-state index is 13.3. The number of halogens is 4. The number of carbonyl (C=O) groups is 1. The number of aromatic amines is 1. The van der Waals surface area contributed by atoms with Crippen molar-refractivity contribution in [1.82, 2.24) is 25.3 Å². The first-order valence-corrected chi connectivity index (χ1v) is 12.6. The van der Waals surface area contributed by atoms with Crippen LogP contribution in [0.3, 0.4) is 0 Å². The molecule has 0 bridgehead atoms. The zero-order chi connectivity index (χ0) is 28.6. The van der Waals surface area contributed by atoms with E-state index in [2.05, 4.69) is 36.9 Å². The molecular weight excluding hydrogens is 539 g/mol. The number of methoxy groups -OCH3 is 1. The average Bonchev–Trinajstić information content (AvgIpc) is 2.91. The molecule has 1 atom stereocenters. The molecule has 1 aromatic carbocycles. The highest BCUT2D eigenvalue weighted by atomic mass is 35.5. The number of unbranched alkanes of at least 4 members (excludes halogenated alkanes) is 3. The van der Waals surface area contributed by atoms with Gasteiger partial charge >= 0.3 is 11.9 Å². The molecule has 2 N–H and O–H groups in total. The first kappa shape index (κ1) is 30.0. The number of carbonyl (C=O) groups excluding carboxylic acids is 1. The lowest BCUT2D eigenvalue weighted by Gasteiger charge is -2.29. The fraction of sp³-hybridized carbons (Fsp3) is 0.423. The summed E-state index contributed by atoms with van der Waals surface area (Å²) in [5.74, 6) is -0.746. The Labute approximate surface area is 228 Å². The van der Waals surface area contributed by atoms with Crippen LogP contribution < -0.4 is 15.7 Å². The van der Waals surface area contributed by atoms with Gasteiger partial charge in [0.1, 0.15) is 5.82 Å². The zero-order valence-corrected chi connectivity index (χ0v) is 22.4. The van der Waals surface area contributed by atoms with E-state index in [1.165, 1.54) is 24.4 Å². The van der Waals surface area contributed by atoms with Crippen molar-refractivity contribution in [2.24, 2.45) is 0 Å². The number of H-pyrrole nitrogens is 1. The summed E-state index contributed by atoms with van der Waals surface area (Å²) in [7, 11) is 0.807. The van der Waals surface area contributed by atoms with Crippen molar-refractivity contribution in [1.29, 1.82) is 0 Å². The minimum Gasteiger partial charge on any atom is -0.478 e. The summed E-state index contributed by atoms with van der Waals surface area (Å²) in [5, 5.41) is 2.44. The van der Waals surface area contributed by atoms with Gasteiger partial charge in [0.15, 0.2) is 5.82 Å². The Morgan fingerprint density at radius 1 is 1.13 bits per heavy atom. The molecule has 13 heteroatoms. The number of amides is 1. The van der Waals surface area contributed by atoms with Crippen LogP contribution in [-0.2, 0) is 16.1 Å². The van der Waals surface area contributed by atoms with E-state index in [-0.39, 0.29) is 28.8 Å². The van der Waals surface area contributed by atoms with Crippen LogP contribution in [0.5, 0.6) is 5.88 Å². The zero-order valence-electron chi connectivity index (χ0n) is 21.7. The molecule has 0 saturated heterocycles. The van der Waals surface area contributed by atoms with Crippen LogP contribution in [0.25, 0.3) is 22.8 Å². The number of rotatable bonds is 12. The molecule has 0 aliphatic rings. The van der Waals surface area contributed by atoms with E-state index in [4.69, 9.17) is 16.3 Å². The van der Waals surface area contributed by atoms with Crippen molar-refractivity contribution >= 4 is 17.5 Å². The molecule has 210 valence electrons. The summed E-state index contributed by atoms with van der Waals surface area (Å²) in [5.41, 5.74) is -2.55. The fourth-order valence-corrected chi connectivity index (χ4v) is 3.70. The van der Waals surface area contributed by atoms with Crippen LogP contribution in [0, 0.1) is 0 Å². The molecule has 0 saturated carbocycles. The van der Waals surface area contributed by atoms with Gasteiger partial charge < -0.3 is 14.8 Å². The molecule has 0 fully saturated rings. The first-order valence-electron chi connectivity index (χ1n) is 12.2. The van der Waals surface area contributed by atoms with Gasteiger partial charge in [-0.1, -0.05) is 43.9 Å². The molecule has 1 unspecified atom stereocenters. The maximum absolute atomic E-state index is 13.3. The molecule has 0 radical (unpaired) electrons. The molecular formula is C26H29ClF3N5O4. The Morgan fingerprint density at radius 2 is 1.90 bits per heavy atom. The molecule has 0 spiro atoms. The van der Waals surface area contributed by atoms with Gasteiger partial charge in [-0.15, -0.1) is 0 Å². The predicted molar refractivity (Wildman–Crippen MR) is 139 cm³/mol. The largest absolute Gasteiger partial charge is 0.478 e.